The number of amidine groups is 1. The average molecular weight is 243 g/mol. The molecule has 0 bridgehead atoms. The molecule has 2 N–H and O–H groups in total. The lowest BCUT2D eigenvalue weighted by Crippen LogP contribution is -2.52. The summed E-state index contributed by atoms with van der Waals surface area (Å²) in [4.78, 5) is 13.4. The Labute approximate surface area is 102 Å². The van der Waals surface area contributed by atoms with Gasteiger partial charge in [0.2, 0.25) is 0 Å². The molecular weight excluding hydrogens is 222 g/mol. The van der Waals surface area contributed by atoms with E-state index in [9.17, 15) is 4.79 Å². The molecule has 1 aliphatic rings. The van der Waals surface area contributed by atoms with Crippen molar-refractivity contribution < 1.29 is 14.3 Å². The molecule has 1 rings (SSSR count). The van der Waals surface area contributed by atoms with Crippen molar-refractivity contribution in [1.29, 1.82) is 5.41 Å². The molecule has 6 heteroatoms. The minimum atomic E-state index is -0.706. The topological polar surface area (TPSA) is 74.7 Å². The molecule has 1 atom stereocenters. The fraction of sp³-hybridized carbons (Fsp3) is 0.818. The second kappa shape index (κ2) is 5.01. The molecule has 0 aliphatic carbocycles. The van der Waals surface area contributed by atoms with Gasteiger partial charge < -0.3 is 14.4 Å². The van der Waals surface area contributed by atoms with E-state index in [0.29, 0.717) is 6.42 Å². The zero-order chi connectivity index (χ0) is 13.2. The summed E-state index contributed by atoms with van der Waals surface area (Å²) >= 11 is 0. The molecule has 0 aromatic carbocycles. The number of hydrogen-bond acceptors (Lipinski definition) is 4. The number of urea groups is 1. The van der Waals surface area contributed by atoms with Crippen molar-refractivity contribution >= 4 is 11.9 Å². The first-order valence-corrected chi connectivity index (χ1v) is 5.61. The number of carbonyl (C=O) groups excluding carboxylic acids is 1. The summed E-state index contributed by atoms with van der Waals surface area (Å²) < 4.78 is 10.3. The SMILES string of the molecule is COC(CC1(C)C(=N)NC(=O)N1C(C)C)OC. The minimum absolute atomic E-state index is 0.0113. The Morgan fingerprint density at radius 3 is 2.35 bits per heavy atom. The molecule has 0 aromatic heterocycles. The Bertz CT molecular complexity index is 315. The van der Waals surface area contributed by atoms with Crippen molar-refractivity contribution in [3.05, 3.63) is 0 Å². The van der Waals surface area contributed by atoms with Gasteiger partial charge in [-0.05, 0) is 20.8 Å². The highest BCUT2D eigenvalue weighted by Crippen LogP contribution is 2.29. The van der Waals surface area contributed by atoms with Crippen LogP contribution in [0.15, 0.2) is 0 Å². The molecule has 1 unspecified atom stereocenters. The summed E-state index contributed by atoms with van der Waals surface area (Å²) in [6.07, 6.45) is -0.00949. The van der Waals surface area contributed by atoms with Crippen molar-refractivity contribution in [3.8, 4) is 0 Å². The van der Waals surface area contributed by atoms with Gasteiger partial charge in [-0.25, -0.2) is 4.79 Å². The van der Waals surface area contributed by atoms with Gasteiger partial charge in [0.15, 0.2) is 6.29 Å². The highest BCUT2D eigenvalue weighted by molar-refractivity contribution is 6.08. The minimum Gasteiger partial charge on any atom is -0.356 e. The second-order valence-corrected chi connectivity index (χ2v) is 4.65. The normalized spacial score (nSPS) is 25.0. The summed E-state index contributed by atoms with van der Waals surface area (Å²) in [6, 6.07) is -0.226. The maximum atomic E-state index is 11.8. The van der Waals surface area contributed by atoms with Crippen molar-refractivity contribution in [1.82, 2.24) is 10.2 Å². The predicted molar refractivity (Wildman–Crippen MR) is 64.1 cm³/mol. The number of nitrogens with zero attached hydrogens (tertiary/aromatic N) is 1. The quantitative estimate of drug-likeness (QED) is 0.712. The smallest absolute Gasteiger partial charge is 0.323 e. The van der Waals surface area contributed by atoms with Gasteiger partial charge in [-0.1, -0.05) is 0 Å². The Balaban J connectivity index is 2.96. The number of methoxy groups -OCH3 is 2. The molecule has 0 aromatic rings. The van der Waals surface area contributed by atoms with Crippen LogP contribution >= 0.6 is 0 Å². The first kappa shape index (κ1) is 13.9. The van der Waals surface area contributed by atoms with Gasteiger partial charge in [-0.2, -0.15) is 0 Å². The largest absolute Gasteiger partial charge is 0.356 e. The number of ether oxygens (including phenoxy) is 2. The number of amides is 2. The molecule has 1 aliphatic heterocycles. The number of rotatable bonds is 5. The van der Waals surface area contributed by atoms with Gasteiger partial charge in [-0.3, -0.25) is 10.7 Å². The van der Waals surface area contributed by atoms with E-state index in [2.05, 4.69) is 5.32 Å². The Morgan fingerprint density at radius 2 is 1.94 bits per heavy atom. The zero-order valence-corrected chi connectivity index (χ0v) is 11.0. The van der Waals surface area contributed by atoms with Crippen LogP contribution in [0.2, 0.25) is 0 Å². The van der Waals surface area contributed by atoms with Gasteiger partial charge in [0.05, 0.1) is 0 Å². The summed E-state index contributed by atoms with van der Waals surface area (Å²) in [7, 11) is 3.09. The second-order valence-electron chi connectivity index (χ2n) is 4.65. The number of carbonyl (C=O) groups is 1. The summed E-state index contributed by atoms with van der Waals surface area (Å²) in [5.74, 6) is 0.190. The van der Waals surface area contributed by atoms with E-state index in [-0.39, 0.29) is 17.9 Å². The Kier molecular flexibility index (Phi) is 4.11. The van der Waals surface area contributed by atoms with E-state index in [0.717, 1.165) is 0 Å². The van der Waals surface area contributed by atoms with Crippen molar-refractivity contribution in [2.24, 2.45) is 0 Å². The first-order chi connectivity index (χ1) is 7.86. The van der Waals surface area contributed by atoms with E-state index in [4.69, 9.17) is 14.9 Å². The molecule has 1 saturated heterocycles. The van der Waals surface area contributed by atoms with Crippen molar-refractivity contribution in [2.75, 3.05) is 14.2 Å². The molecule has 98 valence electrons. The number of nitrogens with one attached hydrogen (secondary N) is 2. The molecule has 0 radical (unpaired) electrons. The lowest BCUT2D eigenvalue weighted by atomic mass is 9.94. The standard InChI is InChI=1S/C11H21N3O3/c1-7(2)14-10(15)13-9(12)11(14,3)6-8(16-4)17-5/h7-8H,6H2,1-5H3,(H2,12,13,15). The fourth-order valence-electron chi connectivity index (χ4n) is 2.24. The maximum Gasteiger partial charge on any atom is 0.323 e. The van der Waals surface area contributed by atoms with Crippen LogP contribution in [0.5, 0.6) is 0 Å². The van der Waals surface area contributed by atoms with Gasteiger partial charge in [0, 0.05) is 26.7 Å². The molecule has 17 heavy (non-hydrogen) atoms. The van der Waals surface area contributed by atoms with Crippen LogP contribution < -0.4 is 5.32 Å². The molecule has 0 saturated carbocycles. The molecular formula is C11H21N3O3. The van der Waals surface area contributed by atoms with E-state index < -0.39 is 11.8 Å². The average Bonchev–Trinajstić information content (AvgIpc) is 2.46. The number of hydrogen-bond donors (Lipinski definition) is 2. The third-order valence-electron chi connectivity index (χ3n) is 3.13. The van der Waals surface area contributed by atoms with Gasteiger partial charge in [-0.15, -0.1) is 0 Å². The molecule has 1 heterocycles. The highest BCUT2D eigenvalue weighted by atomic mass is 16.7. The van der Waals surface area contributed by atoms with E-state index >= 15 is 0 Å². The molecule has 0 spiro atoms. The van der Waals surface area contributed by atoms with E-state index in [1.807, 2.05) is 20.8 Å². The Hall–Kier alpha value is -1.14. The van der Waals surface area contributed by atoms with Gasteiger partial charge in [0.1, 0.15) is 11.4 Å². The first-order valence-electron chi connectivity index (χ1n) is 5.61. The summed E-state index contributed by atoms with van der Waals surface area (Å²) in [6.45, 7) is 5.69. The van der Waals surface area contributed by atoms with Crippen LogP contribution in [0.1, 0.15) is 27.2 Å². The van der Waals surface area contributed by atoms with Crippen LogP contribution in [0.4, 0.5) is 4.79 Å². The van der Waals surface area contributed by atoms with Crippen LogP contribution in [0.25, 0.3) is 0 Å². The summed E-state index contributed by atoms with van der Waals surface area (Å²) in [5, 5.41) is 10.5. The van der Waals surface area contributed by atoms with E-state index in [1.54, 1.807) is 19.1 Å². The van der Waals surface area contributed by atoms with Gasteiger partial charge >= 0.3 is 6.03 Å². The van der Waals surface area contributed by atoms with Crippen molar-refractivity contribution in [3.63, 3.8) is 0 Å². The fourth-order valence-corrected chi connectivity index (χ4v) is 2.24. The molecule has 2 amide bonds. The van der Waals surface area contributed by atoms with Crippen LogP contribution in [-0.2, 0) is 9.47 Å². The van der Waals surface area contributed by atoms with Gasteiger partial charge in [0.25, 0.3) is 0 Å². The summed E-state index contributed by atoms with van der Waals surface area (Å²) in [5.41, 5.74) is -0.706. The van der Waals surface area contributed by atoms with Crippen molar-refractivity contribution in [2.45, 2.75) is 45.1 Å². The Morgan fingerprint density at radius 1 is 1.41 bits per heavy atom. The lowest BCUT2D eigenvalue weighted by Gasteiger charge is -2.37. The zero-order valence-electron chi connectivity index (χ0n) is 11.0. The molecule has 6 nitrogen and oxygen atoms in total. The monoisotopic (exact) mass is 243 g/mol. The third-order valence-corrected chi connectivity index (χ3v) is 3.13. The lowest BCUT2D eigenvalue weighted by molar-refractivity contribution is -0.119. The van der Waals surface area contributed by atoms with E-state index in [1.165, 1.54) is 0 Å². The predicted octanol–water partition coefficient (Wildman–Crippen LogP) is 1.16. The molecule has 1 fully saturated rings. The van der Waals surface area contributed by atoms with Crippen LogP contribution in [0.3, 0.4) is 0 Å². The maximum absolute atomic E-state index is 11.8. The van der Waals surface area contributed by atoms with Crippen LogP contribution in [-0.4, -0.2) is 48.9 Å². The third kappa shape index (κ3) is 2.42. The van der Waals surface area contributed by atoms with Crippen LogP contribution in [0, 0.1) is 5.41 Å². The highest BCUT2D eigenvalue weighted by Gasteiger charge is 2.49.